The van der Waals surface area contributed by atoms with E-state index in [0.29, 0.717) is 5.02 Å². The Morgan fingerprint density at radius 3 is 2.50 bits per heavy atom. The van der Waals surface area contributed by atoms with Crippen molar-refractivity contribution in [2.24, 2.45) is 0 Å². The van der Waals surface area contributed by atoms with Crippen LogP contribution in [0.4, 0.5) is 11.4 Å². The van der Waals surface area contributed by atoms with Gasteiger partial charge in [0.25, 0.3) is 0 Å². The number of hydrogen-bond donors (Lipinski definition) is 1. The van der Waals surface area contributed by atoms with Crippen LogP contribution >= 0.6 is 11.6 Å². The SMILES string of the molecule is COc1ccc2nc3cc(Cl)ccc3c(NCCCCN3CCN(CCCN4C5=CC=CCC5=CCc5ccccc54)CC3)c2c1. The third kappa shape index (κ3) is 6.80. The summed E-state index contributed by atoms with van der Waals surface area (Å²) in [5, 5.41) is 6.61. The summed E-state index contributed by atoms with van der Waals surface area (Å²) < 4.78 is 5.52. The molecule has 7 heteroatoms. The zero-order valence-electron chi connectivity index (χ0n) is 26.9. The number of halogens is 1. The number of piperazine rings is 1. The molecule has 0 amide bonds. The lowest BCUT2D eigenvalue weighted by Crippen LogP contribution is -2.47. The van der Waals surface area contributed by atoms with Gasteiger partial charge in [-0.15, -0.1) is 0 Å². The maximum absolute atomic E-state index is 6.30. The van der Waals surface area contributed by atoms with Gasteiger partial charge in [-0.05, 0) is 105 Å². The second kappa shape index (κ2) is 14.3. The molecule has 1 saturated heterocycles. The van der Waals surface area contributed by atoms with Crippen molar-refractivity contribution in [1.29, 1.82) is 0 Å². The molecular weight excluding hydrogens is 590 g/mol. The molecule has 6 nitrogen and oxygen atoms in total. The first kappa shape index (κ1) is 30.8. The number of pyridine rings is 1. The lowest BCUT2D eigenvalue weighted by atomic mass is 10.0. The lowest BCUT2D eigenvalue weighted by Gasteiger charge is -2.35. The lowest BCUT2D eigenvalue weighted by molar-refractivity contribution is 0.130. The fraction of sp³-hybridized carbons (Fsp3) is 0.359. The Morgan fingerprint density at radius 1 is 0.826 bits per heavy atom. The largest absolute Gasteiger partial charge is 0.497 e. The molecule has 0 bridgehead atoms. The van der Waals surface area contributed by atoms with E-state index in [4.69, 9.17) is 21.3 Å². The molecule has 238 valence electrons. The number of ether oxygens (including phenoxy) is 1. The normalized spacial score (nSPS) is 17.0. The molecule has 3 aromatic carbocycles. The average Bonchev–Trinajstić information content (AvgIpc) is 3.25. The molecule has 1 N–H and O–H groups in total. The number of anilines is 2. The topological polar surface area (TPSA) is 43.9 Å². The van der Waals surface area contributed by atoms with Crippen LogP contribution in [0, 0.1) is 0 Å². The van der Waals surface area contributed by atoms with Crippen LogP contribution in [-0.4, -0.2) is 74.3 Å². The summed E-state index contributed by atoms with van der Waals surface area (Å²) in [4.78, 5) is 12.7. The number of nitrogens with one attached hydrogen (secondary N) is 1. The minimum absolute atomic E-state index is 0.702. The van der Waals surface area contributed by atoms with Crippen molar-refractivity contribution in [3.8, 4) is 5.75 Å². The molecular formula is C39H44ClN5O. The van der Waals surface area contributed by atoms with E-state index in [-0.39, 0.29) is 0 Å². The van der Waals surface area contributed by atoms with Crippen molar-refractivity contribution in [2.75, 3.05) is 69.7 Å². The Kier molecular flexibility index (Phi) is 9.57. The maximum atomic E-state index is 6.30. The van der Waals surface area contributed by atoms with Crippen LogP contribution in [0.1, 0.15) is 31.2 Å². The fourth-order valence-corrected chi connectivity index (χ4v) is 7.31. The minimum Gasteiger partial charge on any atom is -0.497 e. The van der Waals surface area contributed by atoms with Crippen LogP contribution in [0.3, 0.4) is 0 Å². The second-order valence-electron chi connectivity index (χ2n) is 12.6. The molecule has 1 fully saturated rings. The summed E-state index contributed by atoms with van der Waals surface area (Å²) in [7, 11) is 1.71. The molecule has 3 aliphatic rings. The van der Waals surface area contributed by atoms with Gasteiger partial charge in [-0.1, -0.05) is 48.0 Å². The predicted molar refractivity (Wildman–Crippen MR) is 193 cm³/mol. The highest BCUT2D eigenvalue weighted by Crippen LogP contribution is 2.36. The standard InChI is InChI=1S/C39H44ClN5O/c1-46-32-16-18-35-34(28-32)39(33-17-15-31(40)27-36(33)42-35)41-19-6-7-20-43-23-25-44(26-24-43)21-8-22-45-37-11-4-2-9-29(37)13-14-30-10-3-5-12-38(30)45/h2-5,9,11-12,14-18,27-28H,6-8,10,13,19-26H2,1H3,(H,41,42). The number of allylic oxidation sites excluding steroid dienone is 5. The van der Waals surface area contributed by atoms with Gasteiger partial charge >= 0.3 is 0 Å². The number of aromatic nitrogens is 1. The van der Waals surface area contributed by atoms with Crippen molar-refractivity contribution < 1.29 is 4.74 Å². The molecule has 2 aliphatic heterocycles. The number of unbranched alkanes of at least 4 members (excludes halogenated alkanes) is 1. The summed E-state index contributed by atoms with van der Waals surface area (Å²) in [6.45, 7) is 8.90. The number of benzene rings is 3. The van der Waals surface area contributed by atoms with Crippen LogP contribution in [0.2, 0.25) is 5.02 Å². The quantitative estimate of drug-likeness (QED) is 0.133. The first-order valence-corrected chi connectivity index (χ1v) is 17.2. The van der Waals surface area contributed by atoms with Crippen LogP contribution in [-0.2, 0) is 6.42 Å². The summed E-state index contributed by atoms with van der Waals surface area (Å²) in [6, 6.07) is 20.9. The van der Waals surface area contributed by atoms with Crippen LogP contribution in [0.5, 0.6) is 5.75 Å². The molecule has 0 radical (unpaired) electrons. The van der Waals surface area contributed by atoms with Crippen molar-refractivity contribution in [3.05, 3.63) is 107 Å². The van der Waals surface area contributed by atoms with Gasteiger partial charge in [-0.3, -0.25) is 0 Å². The van der Waals surface area contributed by atoms with Gasteiger partial charge in [0.2, 0.25) is 0 Å². The molecule has 0 atom stereocenters. The average molecular weight is 634 g/mol. The Hall–Kier alpha value is -3.84. The monoisotopic (exact) mass is 633 g/mol. The van der Waals surface area contributed by atoms with Gasteiger partial charge in [0, 0.05) is 66.4 Å². The van der Waals surface area contributed by atoms with Gasteiger partial charge in [-0.25, -0.2) is 4.98 Å². The number of rotatable bonds is 11. The molecule has 0 saturated carbocycles. The smallest absolute Gasteiger partial charge is 0.119 e. The van der Waals surface area contributed by atoms with E-state index in [1.54, 1.807) is 7.11 Å². The third-order valence-electron chi connectivity index (χ3n) is 9.67. The van der Waals surface area contributed by atoms with E-state index >= 15 is 0 Å². The number of methoxy groups -OCH3 is 1. The molecule has 0 unspecified atom stereocenters. The van der Waals surface area contributed by atoms with E-state index in [0.717, 1.165) is 105 Å². The zero-order chi connectivity index (χ0) is 31.3. The van der Waals surface area contributed by atoms with E-state index in [1.165, 1.54) is 35.4 Å². The molecule has 4 aromatic rings. The first-order chi connectivity index (χ1) is 22.7. The van der Waals surface area contributed by atoms with Gasteiger partial charge < -0.3 is 24.8 Å². The number of hydrogen-bond acceptors (Lipinski definition) is 6. The molecule has 46 heavy (non-hydrogen) atoms. The number of fused-ring (bicyclic) bond motifs is 4. The van der Waals surface area contributed by atoms with Crippen molar-refractivity contribution in [2.45, 2.75) is 32.1 Å². The van der Waals surface area contributed by atoms with Crippen LogP contribution in [0.25, 0.3) is 21.8 Å². The summed E-state index contributed by atoms with van der Waals surface area (Å²) in [5.74, 6) is 0.836. The van der Waals surface area contributed by atoms with E-state index < -0.39 is 0 Å². The first-order valence-electron chi connectivity index (χ1n) is 16.8. The Balaban J connectivity index is 0.877. The van der Waals surface area contributed by atoms with E-state index in [1.807, 2.05) is 24.3 Å². The molecule has 0 spiro atoms. The summed E-state index contributed by atoms with van der Waals surface area (Å²) >= 11 is 6.30. The summed E-state index contributed by atoms with van der Waals surface area (Å²) in [5.41, 5.74) is 8.63. The predicted octanol–water partition coefficient (Wildman–Crippen LogP) is 8.08. The maximum Gasteiger partial charge on any atom is 0.119 e. The molecule has 1 aliphatic carbocycles. The van der Waals surface area contributed by atoms with Crippen molar-refractivity contribution in [3.63, 3.8) is 0 Å². The Morgan fingerprint density at radius 2 is 1.65 bits per heavy atom. The van der Waals surface area contributed by atoms with E-state index in [2.05, 4.69) is 80.7 Å². The summed E-state index contributed by atoms with van der Waals surface area (Å²) in [6.07, 6.45) is 14.8. The Bertz CT molecular complexity index is 1790. The fourth-order valence-electron chi connectivity index (χ4n) is 7.14. The highest BCUT2D eigenvalue weighted by Gasteiger charge is 2.23. The van der Waals surface area contributed by atoms with E-state index in [9.17, 15) is 0 Å². The Labute approximate surface area is 278 Å². The highest BCUT2D eigenvalue weighted by atomic mass is 35.5. The minimum atomic E-state index is 0.702. The van der Waals surface area contributed by atoms with Crippen LogP contribution < -0.4 is 15.0 Å². The third-order valence-corrected chi connectivity index (χ3v) is 9.90. The molecule has 1 aromatic heterocycles. The number of para-hydroxylation sites is 1. The van der Waals surface area contributed by atoms with Crippen molar-refractivity contribution in [1.82, 2.24) is 14.8 Å². The number of nitrogens with zero attached hydrogens (tertiary/aromatic N) is 4. The molecule has 3 heterocycles. The van der Waals surface area contributed by atoms with Gasteiger partial charge in [0.1, 0.15) is 5.75 Å². The molecule has 7 rings (SSSR count). The van der Waals surface area contributed by atoms with Gasteiger partial charge in [-0.2, -0.15) is 0 Å². The second-order valence-corrected chi connectivity index (χ2v) is 13.0. The zero-order valence-corrected chi connectivity index (χ0v) is 27.6. The van der Waals surface area contributed by atoms with Crippen LogP contribution in [0.15, 0.2) is 96.2 Å². The van der Waals surface area contributed by atoms with Gasteiger partial charge in [0.05, 0.1) is 23.8 Å². The van der Waals surface area contributed by atoms with Gasteiger partial charge in [0.15, 0.2) is 0 Å². The highest BCUT2D eigenvalue weighted by molar-refractivity contribution is 6.31. The van der Waals surface area contributed by atoms with Crippen molar-refractivity contribution >= 4 is 44.8 Å².